The number of hydrogen-bond donors (Lipinski definition) is 2. The Morgan fingerprint density at radius 2 is 2.14 bits per heavy atom. The van der Waals surface area contributed by atoms with Crippen molar-refractivity contribution in [3.8, 4) is 0 Å². The molecule has 1 aromatic heterocycles. The Kier molecular flexibility index (Phi) is 4.57. The van der Waals surface area contributed by atoms with Crippen molar-refractivity contribution in [2.75, 3.05) is 18.4 Å². The minimum absolute atomic E-state index is 0.0605. The van der Waals surface area contributed by atoms with Gasteiger partial charge in [0.15, 0.2) is 0 Å². The van der Waals surface area contributed by atoms with Gasteiger partial charge in [0, 0.05) is 22.5 Å². The summed E-state index contributed by atoms with van der Waals surface area (Å²) >= 11 is 2.12. The van der Waals surface area contributed by atoms with Crippen LogP contribution in [0.15, 0.2) is 12.4 Å². The summed E-state index contributed by atoms with van der Waals surface area (Å²) in [6.07, 6.45) is 3.38. The Morgan fingerprint density at radius 1 is 1.50 bits per heavy atom. The number of likely N-dealkylation sites (N-methyl/N-ethyl adjacent to an activating group) is 1. The largest absolute Gasteiger partial charge is 0.355 e. The van der Waals surface area contributed by atoms with Crippen molar-refractivity contribution in [3.63, 3.8) is 0 Å². The van der Waals surface area contributed by atoms with Gasteiger partial charge in [-0.15, -0.1) is 0 Å². The summed E-state index contributed by atoms with van der Waals surface area (Å²) in [7, 11) is 0. The van der Waals surface area contributed by atoms with Gasteiger partial charge in [-0.2, -0.15) is 0 Å². The smallest absolute Gasteiger partial charge is 0.239 e. The Labute approximate surface area is 95.9 Å². The molecule has 0 unspecified atom stereocenters. The number of anilines is 1. The van der Waals surface area contributed by atoms with E-state index in [0.717, 1.165) is 3.57 Å². The van der Waals surface area contributed by atoms with Gasteiger partial charge in [-0.3, -0.25) is 4.79 Å². The molecule has 0 aliphatic rings. The molecule has 5 nitrogen and oxygen atoms in total. The Balaban J connectivity index is 2.38. The summed E-state index contributed by atoms with van der Waals surface area (Å²) in [5.74, 6) is 0.409. The molecule has 0 saturated carbocycles. The lowest BCUT2D eigenvalue weighted by Crippen LogP contribution is -2.29. The highest BCUT2D eigenvalue weighted by Crippen LogP contribution is 2.01. The van der Waals surface area contributed by atoms with E-state index in [1.54, 1.807) is 12.4 Å². The molecule has 2 N–H and O–H groups in total. The van der Waals surface area contributed by atoms with Gasteiger partial charge in [-0.25, -0.2) is 9.97 Å². The van der Waals surface area contributed by atoms with Crippen LogP contribution in [0.2, 0.25) is 0 Å². The van der Waals surface area contributed by atoms with Crippen molar-refractivity contribution >= 4 is 34.4 Å². The van der Waals surface area contributed by atoms with Crippen molar-refractivity contribution in [2.45, 2.75) is 6.92 Å². The molecule has 0 radical (unpaired) electrons. The third-order valence-electron chi connectivity index (χ3n) is 1.40. The molecule has 0 atom stereocenters. The highest BCUT2D eigenvalue weighted by molar-refractivity contribution is 14.1. The van der Waals surface area contributed by atoms with Crippen LogP contribution < -0.4 is 10.6 Å². The van der Waals surface area contributed by atoms with Crippen molar-refractivity contribution in [3.05, 3.63) is 16.0 Å². The van der Waals surface area contributed by atoms with E-state index in [1.807, 2.05) is 6.92 Å². The summed E-state index contributed by atoms with van der Waals surface area (Å²) in [5, 5.41) is 5.49. The summed E-state index contributed by atoms with van der Waals surface area (Å²) in [4.78, 5) is 19.1. The van der Waals surface area contributed by atoms with Crippen LogP contribution in [0.5, 0.6) is 0 Å². The number of aromatic nitrogens is 2. The number of nitrogens with one attached hydrogen (secondary N) is 2. The number of carbonyl (C=O) groups excluding carboxylic acids is 1. The average Bonchev–Trinajstić information content (AvgIpc) is 2.17. The molecule has 1 aromatic rings. The molecule has 0 aliphatic carbocycles. The fourth-order valence-corrected chi connectivity index (χ4v) is 1.10. The predicted molar refractivity (Wildman–Crippen MR) is 61.9 cm³/mol. The van der Waals surface area contributed by atoms with Gasteiger partial charge < -0.3 is 10.6 Å². The molecular weight excluding hydrogens is 295 g/mol. The maximum atomic E-state index is 11.1. The SMILES string of the molecule is CCNC(=O)CNc1ncc(I)cn1. The van der Waals surface area contributed by atoms with E-state index in [-0.39, 0.29) is 12.5 Å². The molecule has 1 heterocycles. The first-order chi connectivity index (χ1) is 6.72. The van der Waals surface area contributed by atoms with E-state index < -0.39 is 0 Å². The molecule has 0 bridgehead atoms. The van der Waals surface area contributed by atoms with Gasteiger partial charge in [0.2, 0.25) is 11.9 Å². The van der Waals surface area contributed by atoms with E-state index in [9.17, 15) is 4.79 Å². The summed E-state index contributed by atoms with van der Waals surface area (Å²) in [5.41, 5.74) is 0. The van der Waals surface area contributed by atoms with Crippen LogP contribution in [-0.2, 0) is 4.79 Å². The number of hydrogen-bond acceptors (Lipinski definition) is 4. The first-order valence-electron chi connectivity index (χ1n) is 4.20. The zero-order valence-electron chi connectivity index (χ0n) is 7.75. The molecular formula is C8H11IN4O. The summed E-state index contributed by atoms with van der Waals surface area (Å²) in [6.45, 7) is 2.71. The van der Waals surface area contributed by atoms with Crippen LogP contribution in [0.3, 0.4) is 0 Å². The van der Waals surface area contributed by atoms with Crippen molar-refractivity contribution < 1.29 is 4.79 Å². The van der Waals surface area contributed by atoms with Gasteiger partial charge >= 0.3 is 0 Å². The van der Waals surface area contributed by atoms with Crippen molar-refractivity contribution in [1.82, 2.24) is 15.3 Å². The number of amides is 1. The van der Waals surface area contributed by atoms with Gasteiger partial charge in [0.1, 0.15) is 0 Å². The third kappa shape index (κ3) is 3.86. The second-order valence-corrected chi connectivity index (χ2v) is 3.78. The predicted octanol–water partition coefficient (Wildman–Crippen LogP) is 0.629. The summed E-state index contributed by atoms with van der Waals surface area (Å²) in [6, 6.07) is 0. The maximum absolute atomic E-state index is 11.1. The van der Waals surface area contributed by atoms with Crippen LogP contribution >= 0.6 is 22.6 Å². The van der Waals surface area contributed by atoms with Crippen LogP contribution in [0, 0.1) is 3.57 Å². The van der Waals surface area contributed by atoms with E-state index in [4.69, 9.17) is 0 Å². The minimum atomic E-state index is -0.0605. The molecule has 6 heteroatoms. The van der Waals surface area contributed by atoms with Crippen LogP contribution in [0.1, 0.15) is 6.92 Å². The topological polar surface area (TPSA) is 66.9 Å². The van der Waals surface area contributed by atoms with Crippen LogP contribution in [0.25, 0.3) is 0 Å². The standard InChI is InChI=1S/C8H11IN4O/c1-2-10-7(14)5-13-8-11-3-6(9)4-12-8/h3-4H,2,5H2,1H3,(H,10,14)(H,11,12,13). The Morgan fingerprint density at radius 3 is 2.71 bits per heavy atom. The molecule has 0 saturated heterocycles. The fourth-order valence-electron chi connectivity index (χ4n) is 0.823. The molecule has 1 rings (SSSR count). The van der Waals surface area contributed by atoms with Crippen LogP contribution in [0.4, 0.5) is 5.95 Å². The highest BCUT2D eigenvalue weighted by Gasteiger charge is 2.00. The molecule has 1 amide bonds. The minimum Gasteiger partial charge on any atom is -0.355 e. The molecule has 0 aliphatic heterocycles. The highest BCUT2D eigenvalue weighted by atomic mass is 127. The first-order valence-corrected chi connectivity index (χ1v) is 5.28. The van der Waals surface area contributed by atoms with Crippen LogP contribution in [-0.4, -0.2) is 29.0 Å². The second-order valence-electron chi connectivity index (χ2n) is 2.53. The van der Waals surface area contributed by atoms with Gasteiger partial charge in [-0.1, -0.05) is 0 Å². The van der Waals surface area contributed by atoms with E-state index in [1.165, 1.54) is 0 Å². The molecule has 76 valence electrons. The Hall–Kier alpha value is -0.920. The summed E-state index contributed by atoms with van der Waals surface area (Å²) < 4.78 is 0.964. The quantitative estimate of drug-likeness (QED) is 0.801. The number of halogens is 1. The van der Waals surface area contributed by atoms with Crippen molar-refractivity contribution in [1.29, 1.82) is 0 Å². The Bertz CT molecular complexity index is 301. The molecule has 0 aromatic carbocycles. The number of carbonyl (C=O) groups is 1. The third-order valence-corrected chi connectivity index (χ3v) is 1.96. The molecule has 14 heavy (non-hydrogen) atoms. The van der Waals surface area contributed by atoms with Crippen molar-refractivity contribution in [2.24, 2.45) is 0 Å². The molecule has 0 spiro atoms. The lowest BCUT2D eigenvalue weighted by Gasteiger charge is -2.03. The normalized spacial score (nSPS) is 9.57. The lowest BCUT2D eigenvalue weighted by atomic mass is 10.5. The zero-order chi connectivity index (χ0) is 10.4. The van der Waals surface area contributed by atoms with E-state index in [0.29, 0.717) is 12.5 Å². The second kappa shape index (κ2) is 5.74. The van der Waals surface area contributed by atoms with Gasteiger partial charge in [0.25, 0.3) is 0 Å². The first kappa shape index (κ1) is 11.2. The molecule has 0 fully saturated rings. The fraction of sp³-hybridized carbons (Fsp3) is 0.375. The van der Waals surface area contributed by atoms with E-state index in [2.05, 4.69) is 43.2 Å². The van der Waals surface area contributed by atoms with E-state index >= 15 is 0 Å². The number of rotatable bonds is 4. The van der Waals surface area contributed by atoms with Gasteiger partial charge in [0.05, 0.1) is 6.54 Å². The maximum Gasteiger partial charge on any atom is 0.239 e. The zero-order valence-corrected chi connectivity index (χ0v) is 9.91. The number of nitrogens with zero attached hydrogens (tertiary/aromatic N) is 2. The average molecular weight is 306 g/mol. The monoisotopic (exact) mass is 306 g/mol. The lowest BCUT2D eigenvalue weighted by molar-refractivity contribution is -0.119. The van der Waals surface area contributed by atoms with Gasteiger partial charge in [-0.05, 0) is 29.5 Å².